The average Bonchev–Trinajstić information content (AvgIpc) is 3.47. The fraction of sp³-hybridized carbons (Fsp3) is 0.0500. The van der Waals surface area contributed by atoms with Gasteiger partial charge in [0.2, 0.25) is 0 Å². The Kier molecular flexibility index (Phi) is 4.14. The van der Waals surface area contributed by atoms with Crippen molar-refractivity contribution in [1.29, 1.82) is 0 Å². The first-order chi connectivity index (χ1) is 14.2. The number of fused-ring (bicyclic) bond motifs is 1. The van der Waals surface area contributed by atoms with Crippen LogP contribution >= 0.6 is 11.3 Å². The molecule has 0 fully saturated rings. The molecule has 0 aliphatic carbocycles. The largest absolute Gasteiger partial charge is 0.321 e. The number of carbonyl (C=O) groups excluding carboxylic acids is 1. The van der Waals surface area contributed by atoms with Crippen molar-refractivity contribution in [2.45, 2.75) is 6.92 Å². The molecule has 3 heterocycles. The molecule has 9 heteroatoms. The Bertz CT molecular complexity index is 1310. The zero-order valence-electron chi connectivity index (χ0n) is 15.4. The lowest BCUT2D eigenvalue weighted by Gasteiger charge is -2.06. The Hall–Kier alpha value is -3.85. The Balaban J connectivity index is 1.46. The van der Waals surface area contributed by atoms with Crippen LogP contribution in [0.3, 0.4) is 0 Å². The van der Waals surface area contributed by atoms with Gasteiger partial charge < -0.3 is 5.32 Å². The molecule has 0 unspecified atom stereocenters. The number of anilines is 1. The molecule has 0 aliphatic rings. The monoisotopic (exact) mass is 401 g/mol. The molecule has 0 bridgehead atoms. The molecule has 0 saturated heterocycles. The summed E-state index contributed by atoms with van der Waals surface area (Å²) < 4.78 is 3.41. The molecular weight excluding hydrogens is 386 g/mol. The van der Waals surface area contributed by atoms with Gasteiger partial charge in [-0.1, -0.05) is 24.3 Å². The second kappa shape index (κ2) is 6.95. The highest BCUT2D eigenvalue weighted by molar-refractivity contribution is 7.20. The average molecular weight is 401 g/mol. The highest BCUT2D eigenvalue weighted by Gasteiger charge is 2.17. The third-order valence-electron chi connectivity index (χ3n) is 4.49. The van der Waals surface area contributed by atoms with Crippen LogP contribution in [0.5, 0.6) is 0 Å². The summed E-state index contributed by atoms with van der Waals surface area (Å²) in [7, 11) is 0. The van der Waals surface area contributed by atoms with Crippen molar-refractivity contribution < 1.29 is 4.79 Å². The minimum absolute atomic E-state index is 0.168. The summed E-state index contributed by atoms with van der Waals surface area (Å²) in [4.78, 5) is 14.4. The van der Waals surface area contributed by atoms with Gasteiger partial charge in [0, 0.05) is 11.1 Å². The van der Waals surface area contributed by atoms with Gasteiger partial charge >= 0.3 is 0 Å². The van der Waals surface area contributed by atoms with Crippen molar-refractivity contribution in [3.05, 3.63) is 77.6 Å². The Morgan fingerprint density at radius 3 is 2.66 bits per heavy atom. The summed E-state index contributed by atoms with van der Waals surface area (Å²) in [6.07, 6.45) is 1.50. The van der Waals surface area contributed by atoms with Gasteiger partial charge in [0.25, 0.3) is 5.91 Å². The summed E-state index contributed by atoms with van der Waals surface area (Å²) in [5, 5.41) is 19.7. The molecule has 0 radical (unpaired) electrons. The molecule has 0 saturated carbocycles. The molecule has 0 aliphatic heterocycles. The number of para-hydroxylation sites is 1. The number of amides is 1. The minimum atomic E-state index is -0.168. The first kappa shape index (κ1) is 17.3. The van der Waals surface area contributed by atoms with Crippen molar-refractivity contribution in [3.63, 3.8) is 0 Å². The number of benzene rings is 2. The molecule has 5 aromatic rings. The number of carbonyl (C=O) groups is 1. The van der Waals surface area contributed by atoms with Crippen LogP contribution in [0.25, 0.3) is 21.6 Å². The van der Waals surface area contributed by atoms with E-state index in [0.717, 1.165) is 27.3 Å². The third kappa shape index (κ3) is 3.17. The SMILES string of the molecule is Cc1nn(-c2ccccc2)c2sc(C(=O)Nc3cccc(-n4cnnn4)c3)cc12. The summed E-state index contributed by atoms with van der Waals surface area (Å²) in [6.45, 7) is 1.95. The van der Waals surface area contributed by atoms with Crippen LogP contribution in [0.1, 0.15) is 15.4 Å². The Morgan fingerprint density at radius 2 is 1.86 bits per heavy atom. The van der Waals surface area contributed by atoms with E-state index in [-0.39, 0.29) is 5.91 Å². The highest BCUT2D eigenvalue weighted by Crippen LogP contribution is 2.31. The van der Waals surface area contributed by atoms with Gasteiger partial charge in [0.15, 0.2) is 0 Å². The maximum absolute atomic E-state index is 12.9. The van der Waals surface area contributed by atoms with Crippen LogP contribution < -0.4 is 5.32 Å². The molecule has 8 nitrogen and oxygen atoms in total. The number of hydrogen-bond donors (Lipinski definition) is 1. The quantitative estimate of drug-likeness (QED) is 0.497. The van der Waals surface area contributed by atoms with Crippen molar-refractivity contribution >= 4 is 33.1 Å². The molecule has 29 heavy (non-hydrogen) atoms. The van der Waals surface area contributed by atoms with Crippen LogP contribution in [0.4, 0.5) is 5.69 Å². The van der Waals surface area contributed by atoms with Gasteiger partial charge in [0.1, 0.15) is 11.2 Å². The van der Waals surface area contributed by atoms with E-state index in [1.807, 2.05) is 72.3 Å². The topological polar surface area (TPSA) is 90.5 Å². The smallest absolute Gasteiger partial charge is 0.265 e. The predicted molar refractivity (Wildman–Crippen MR) is 111 cm³/mol. The van der Waals surface area contributed by atoms with Crippen molar-refractivity contribution in [2.24, 2.45) is 0 Å². The molecule has 2 aromatic carbocycles. The second-order valence-electron chi connectivity index (χ2n) is 6.42. The van der Waals surface area contributed by atoms with Crippen molar-refractivity contribution in [3.8, 4) is 11.4 Å². The van der Waals surface area contributed by atoms with E-state index in [4.69, 9.17) is 0 Å². The Morgan fingerprint density at radius 1 is 1.03 bits per heavy atom. The molecule has 0 spiro atoms. The van der Waals surface area contributed by atoms with Gasteiger partial charge in [-0.15, -0.1) is 16.4 Å². The number of rotatable bonds is 4. The Labute approximate surface area is 169 Å². The number of thiophene rings is 1. The van der Waals surface area contributed by atoms with E-state index in [2.05, 4.69) is 25.9 Å². The number of nitrogens with zero attached hydrogens (tertiary/aromatic N) is 6. The lowest BCUT2D eigenvalue weighted by molar-refractivity contribution is 0.103. The predicted octanol–water partition coefficient (Wildman–Crippen LogP) is 3.62. The van der Waals surface area contributed by atoms with Gasteiger partial charge in [-0.2, -0.15) is 5.10 Å². The van der Waals surface area contributed by atoms with E-state index in [1.165, 1.54) is 22.3 Å². The first-order valence-electron chi connectivity index (χ1n) is 8.88. The number of aromatic nitrogens is 6. The summed E-state index contributed by atoms with van der Waals surface area (Å²) in [6, 6.07) is 19.1. The number of tetrazole rings is 1. The van der Waals surface area contributed by atoms with Crippen LogP contribution in [0.2, 0.25) is 0 Å². The molecule has 1 amide bonds. The van der Waals surface area contributed by atoms with E-state index >= 15 is 0 Å². The van der Waals surface area contributed by atoms with Crippen LogP contribution in [-0.4, -0.2) is 35.9 Å². The van der Waals surface area contributed by atoms with Gasteiger partial charge in [-0.25, -0.2) is 9.36 Å². The van der Waals surface area contributed by atoms with Crippen LogP contribution in [0.15, 0.2) is 67.0 Å². The van der Waals surface area contributed by atoms with E-state index in [9.17, 15) is 4.79 Å². The molecule has 0 atom stereocenters. The van der Waals surface area contributed by atoms with Crippen molar-refractivity contribution in [2.75, 3.05) is 5.32 Å². The zero-order valence-corrected chi connectivity index (χ0v) is 16.2. The summed E-state index contributed by atoms with van der Waals surface area (Å²) >= 11 is 1.42. The van der Waals surface area contributed by atoms with Crippen LogP contribution in [-0.2, 0) is 0 Å². The van der Waals surface area contributed by atoms with Crippen LogP contribution in [0, 0.1) is 6.92 Å². The zero-order chi connectivity index (χ0) is 19.8. The highest BCUT2D eigenvalue weighted by atomic mass is 32.1. The maximum Gasteiger partial charge on any atom is 0.265 e. The fourth-order valence-electron chi connectivity index (χ4n) is 3.10. The number of aryl methyl sites for hydroxylation is 1. The first-order valence-corrected chi connectivity index (χ1v) is 9.70. The molecule has 3 aromatic heterocycles. The fourth-order valence-corrected chi connectivity index (χ4v) is 4.18. The maximum atomic E-state index is 12.9. The minimum Gasteiger partial charge on any atom is -0.321 e. The van der Waals surface area contributed by atoms with E-state index < -0.39 is 0 Å². The third-order valence-corrected chi connectivity index (χ3v) is 5.60. The normalized spacial score (nSPS) is 11.1. The molecule has 1 N–H and O–H groups in total. The second-order valence-corrected chi connectivity index (χ2v) is 7.45. The van der Waals surface area contributed by atoms with Crippen molar-refractivity contribution in [1.82, 2.24) is 30.0 Å². The lowest BCUT2D eigenvalue weighted by atomic mass is 10.2. The van der Waals surface area contributed by atoms with Gasteiger partial charge in [-0.05, 0) is 53.7 Å². The molecule has 5 rings (SSSR count). The number of nitrogens with one attached hydrogen (secondary N) is 1. The molecular formula is C20H15N7OS. The summed E-state index contributed by atoms with van der Waals surface area (Å²) in [5.74, 6) is -0.168. The molecule has 142 valence electrons. The van der Waals surface area contributed by atoms with Gasteiger partial charge in [-0.3, -0.25) is 4.79 Å². The number of hydrogen-bond acceptors (Lipinski definition) is 6. The standard InChI is InChI=1S/C20H15N7OS/c1-13-17-11-18(29-20(17)27(23-13)15-7-3-2-4-8-15)19(28)22-14-6-5-9-16(10-14)26-12-21-24-25-26/h2-12H,1H3,(H,22,28). The lowest BCUT2D eigenvalue weighted by Crippen LogP contribution is -2.10. The van der Waals surface area contributed by atoms with Gasteiger partial charge in [0.05, 0.1) is 21.9 Å². The summed E-state index contributed by atoms with van der Waals surface area (Å²) in [5.41, 5.74) is 3.29. The van der Waals surface area contributed by atoms with E-state index in [0.29, 0.717) is 10.6 Å². The van der Waals surface area contributed by atoms with E-state index in [1.54, 1.807) is 0 Å².